The number of carbonyl (C=O) groups is 1. The fourth-order valence-corrected chi connectivity index (χ4v) is 2.87. The predicted molar refractivity (Wildman–Crippen MR) is 120 cm³/mol. The van der Waals surface area contributed by atoms with Crippen LogP contribution in [0.15, 0.2) is 46.8 Å². The normalized spacial score (nSPS) is 13.8. The van der Waals surface area contributed by atoms with Gasteiger partial charge in [0, 0.05) is 35.9 Å². The summed E-state index contributed by atoms with van der Waals surface area (Å²) in [5, 5.41) is 10.7. The molecule has 31 heavy (non-hydrogen) atoms. The van der Waals surface area contributed by atoms with Crippen molar-refractivity contribution in [1.82, 2.24) is 10.3 Å². The molecule has 0 unspecified atom stereocenters. The Bertz CT molecular complexity index is 1060. The second-order valence-corrected chi connectivity index (χ2v) is 7.23. The van der Waals surface area contributed by atoms with E-state index in [0.29, 0.717) is 22.9 Å². The number of likely N-dealkylation sites (N-methyl/N-ethyl adjacent to an activating group) is 1. The van der Waals surface area contributed by atoms with E-state index in [1.54, 1.807) is 19.3 Å². The Morgan fingerprint density at radius 2 is 2.06 bits per heavy atom. The van der Waals surface area contributed by atoms with Gasteiger partial charge in [0.15, 0.2) is 5.71 Å². The summed E-state index contributed by atoms with van der Waals surface area (Å²) >= 11 is 0. The van der Waals surface area contributed by atoms with Crippen molar-refractivity contribution < 1.29 is 14.5 Å². The van der Waals surface area contributed by atoms with Crippen LogP contribution in [0.4, 0.5) is 0 Å². The van der Waals surface area contributed by atoms with Gasteiger partial charge in [-0.25, -0.2) is 0 Å². The molecule has 1 heterocycles. The maximum absolute atomic E-state index is 12.2. The van der Waals surface area contributed by atoms with Crippen LogP contribution in [0.1, 0.15) is 47.7 Å². The van der Waals surface area contributed by atoms with Crippen molar-refractivity contribution in [2.45, 2.75) is 33.3 Å². The Morgan fingerprint density at radius 3 is 2.71 bits per heavy atom. The van der Waals surface area contributed by atoms with E-state index in [2.05, 4.69) is 32.5 Å². The van der Waals surface area contributed by atoms with Crippen LogP contribution in [-0.4, -0.2) is 36.5 Å². The second-order valence-electron chi connectivity index (χ2n) is 7.23. The molecule has 1 aliphatic rings. The summed E-state index contributed by atoms with van der Waals surface area (Å²) in [4.78, 5) is 27.1. The molecular formula is C24H26N4O3. The van der Waals surface area contributed by atoms with Gasteiger partial charge in [-0.05, 0) is 44.4 Å². The molecule has 3 rings (SSSR count). The first-order valence-corrected chi connectivity index (χ1v) is 10.1. The molecule has 1 aliphatic carbocycles. The number of nitrogens with zero attached hydrogens (tertiary/aromatic N) is 3. The Labute approximate surface area is 182 Å². The number of benzene rings is 1. The van der Waals surface area contributed by atoms with E-state index in [1.165, 1.54) is 20.0 Å². The molecule has 0 aliphatic heterocycles. The van der Waals surface area contributed by atoms with Crippen molar-refractivity contribution in [2.75, 3.05) is 14.2 Å². The SMILES string of the molecule is CNC(=O)/C(=N/OC)c1cccc(C)c1CO/N=C(\C)c1ccc(C#CC2CC2)cn1. The second kappa shape index (κ2) is 10.4. The van der Waals surface area contributed by atoms with Crippen molar-refractivity contribution >= 4 is 17.3 Å². The highest BCUT2D eigenvalue weighted by molar-refractivity contribution is 6.45. The molecule has 1 fully saturated rings. The number of carbonyl (C=O) groups excluding carboxylic acids is 1. The van der Waals surface area contributed by atoms with Crippen LogP contribution in [0.5, 0.6) is 0 Å². The minimum Gasteiger partial charge on any atom is -0.398 e. The number of pyridine rings is 1. The number of nitrogens with one attached hydrogen (secondary N) is 1. The number of hydrogen-bond acceptors (Lipinski definition) is 6. The lowest BCUT2D eigenvalue weighted by Crippen LogP contribution is -2.29. The molecule has 2 aromatic rings. The highest BCUT2D eigenvalue weighted by Crippen LogP contribution is 2.27. The van der Waals surface area contributed by atoms with Crippen LogP contribution >= 0.6 is 0 Å². The Balaban J connectivity index is 1.73. The lowest BCUT2D eigenvalue weighted by atomic mass is 9.98. The van der Waals surface area contributed by atoms with Gasteiger partial charge < -0.3 is 15.0 Å². The fourth-order valence-electron chi connectivity index (χ4n) is 2.87. The molecule has 160 valence electrons. The van der Waals surface area contributed by atoms with E-state index in [9.17, 15) is 4.79 Å². The standard InChI is InChI=1S/C24H26N4O3/c1-16-6-5-7-20(23(28-30-4)24(29)25-3)21(16)15-31-27-17(2)22-13-12-19(14-26-22)11-10-18-8-9-18/h5-7,12-14,18H,8-9,15H2,1-4H3,(H,25,29)/b27-17+,28-23+. The molecule has 7 nitrogen and oxygen atoms in total. The highest BCUT2D eigenvalue weighted by Gasteiger charge is 2.19. The Morgan fingerprint density at radius 1 is 1.26 bits per heavy atom. The summed E-state index contributed by atoms with van der Waals surface area (Å²) in [6.45, 7) is 3.94. The molecule has 1 amide bonds. The minimum atomic E-state index is -0.345. The lowest BCUT2D eigenvalue weighted by molar-refractivity contribution is -0.114. The number of hydrogen-bond donors (Lipinski definition) is 1. The Kier molecular flexibility index (Phi) is 7.39. The van der Waals surface area contributed by atoms with Crippen molar-refractivity contribution in [1.29, 1.82) is 0 Å². The van der Waals surface area contributed by atoms with Crippen LogP contribution < -0.4 is 5.32 Å². The highest BCUT2D eigenvalue weighted by atomic mass is 16.6. The van der Waals surface area contributed by atoms with Crippen molar-refractivity contribution in [3.05, 3.63) is 64.5 Å². The van der Waals surface area contributed by atoms with Crippen LogP contribution in [-0.2, 0) is 21.1 Å². The third-order valence-electron chi connectivity index (χ3n) is 4.83. The summed E-state index contributed by atoms with van der Waals surface area (Å²) in [6, 6.07) is 9.42. The first-order chi connectivity index (χ1) is 15.0. The van der Waals surface area contributed by atoms with Crippen LogP contribution in [0.25, 0.3) is 0 Å². The van der Waals surface area contributed by atoms with Gasteiger partial charge >= 0.3 is 0 Å². The molecule has 7 heteroatoms. The van der Waals surface area contributed by atoms with Gasteiger partial charge in [0.1, 0.15) is 19.4 Å². The Hall–Kier alpha value is -3.66. The molecule has 1 aromatic heterocycles. The smallest absolute Gasteiger partial charge is 0.273 e. The van der Waals surface area contributed by atoms with Gasteiger partial charge in [-0.2, -0.15) is 0 Å². The summed E-state index contributed by atoms with van der Waals surface area (Å²) in [6.07, 6.45) is 4.15. The molecule has 0 spiro atoms. The largest absolute Gasteiger partial charge is 0.398 e. The van der Waals surface area contributed by atoms with Gasteiger partial charge in [-0.3, -0.25) is 9.78 Å². The van der Waals surface area contributed by atoms with Crippen molar-refractivity contribution in [3.63, 3.8) is 0 Å². The van der Waals surface area contributed by atoms with Crippen LogP contribution in [0, 0.1) is 24.7 Å². The molecule has 1 aromatic carbocycles. The van der Waals surface area contributed by atoms with Crippen LogP contribution in [0.3, 0.4) is 0 Å². The third-order valence-corrected chi connectivity index (χ3v) is 4.83. The number of rotatable bonds is 7. The summed E-state index contributed by atoms with van der Waals surface area (Å²) in [5.74, 6) is 6.58. The monoisotopic (exact) mass is 418 g/mol. The fraction of sp³-hybridized carbons (Fsp3) is 0.333. The van der Waals surface area contributed by atoms with Crippen molar-refractivity contribution in [3.8, 4) is 11.8 Å². The average molecular weight is 418 g/mol. The van der Waals surface area contributed by atoms with E-state index in [-0.39, 0.29) is 18.2 Å². The third kappa shape index (κ3) is 5.92. The zero-order valence-corrected chi connectivity index (χ0v) is 18.2. The van der Waals surface area contributed by atoms with E-state index in [4.69, 9.17) is 9.68 Å². The van der Waals surface area contributed by atoms with Crippen LogP contribution in [0.2, 0.25) is 0 Å². The molecule has 1 saturated carbocycles. The molecule has 0 saturated heterocycles. The quantitative estimate of drug-likeness (QED) is 0.425. The number of aromatic nitrogens is 1. The zero-order valence-electron chi connectivity index (χ0n) is 18.2. The maximum Gasteiger partial charge on any atom is 0.273 e. The molecule has 1 N–H and O–H groups in total. The summed E-state index contributed by atoms with van der Waals surface area (Å²) < 4.78 is 0. The average Bonchev–Trinajstić information content (AvgIpc) is 3.61. The molecular weight excluding hydrogens is 392 g/mol. The maximum atomic E-state index is 12.2. The molecule has 0 bridgehead atoms. The van der Waals surface area contributed by atoms with Gasteiger partial charge in [0.2, 0.25) is 0 Å². The lowest BCUT2D eigenvalue weighted by Gasteiger charge is -2.13. The predicted octanol–water partition coefficient (Wildman–Crippen LogP) is 3.19. The first-order valence-electron chi connectivity index (χ1n) is 10.1. The molecule has 0 radical (unpaired) electrons. The van der Waals surface area contributed by atoms with Gasteiger partial charge in [0.05, 0.1) is 5.69 Å². The van der Waals surface area contributed by atoms with E-state index >= 15 is 0 Å². The van der Waals surface area contributed by atoms with Gasteiger partial charge in [-0.1, -0.05) is 40.4 Å². The molecule has 0 atom stereocenters. The summed E-state index contributed by atoms with van der Waals surface area (Å²) in [5.41, 5.74) is 4.83. The van der Waals surface area contributed by atoms with E-state index in [1.807, 2.05) is 38.1 Å². The number of amides is 1. The number of oxime groups is 2. The van der Waals surface area contributed by atoms with Gasteiger partial charge in [-0.15, -0.1) is 0 Å². The minimum absolute atomic E-state index is 0.171. The van der Waals surface area contributed by atoms with E-state index < -0.39 is 0 Å². The number of aryl methyl sites for hydroxylation is 1. The van der Waals surface area contributed by atoms with Crippen molar-refractivity contribution in [2.24, 2.45) is 16.2 Å². The zero-order chi connectivity index (χ0) is 22.2. The topological polar surface area (TPSA) is 85.2 Å². The summed E-state index contributed by atoms with van der Waals surface area (Å²) in [7, 11) is 2.95. The van der Waals surface area contributed by atoms with E-state index in [0.717, 1.165) is 16.7 Å². The first kappa shape index (κ1) is 22.0. The van der Waals surface area contributed by atoms with Gasteiger partial charge in [0.25, 0.3) is 5.91 Å².